The molecule has 1 rings (SSSR count). The Kier molecular flexibility index (Phi) is 5.63. The number of halogens is 1. The fraction of sp³-hybridized carbons (Fsp3) is 0.417. The predicted octanol–water partition coefficient (Wildman–Crippen LogP) is 2.38. The minimum atomic E-state index is -0.407. The number of rotatable bonds is 6. The average Bonchev–Trinajstić information content (AvgIpc) is 2.36. The number of ether oxygens (including phenoxy) is 3. The van der Waals surface area contributed by atoms with E-state index < -0.39 is 5.97 Å². The van der Waals surface area contributed by atoms with Crippen LogP contribution in [0.15, 0.2) is 18.2 Å². The van der Waals surface area contributed by atoms with E-state index in [4.69, 9.17) is 25.8 Å². The van der Waals surface area contributed by atoms with Crippen molar-refractivity contribution in [3.8, 4) is 11.5 Å². The molecule has 0 aliphatic heterocycles. The van der Waals surface area contributed by atoms with Gasteiger partial charge in [0, 0.05) is 5.88 Å². The van der Waals surface area contributed by atoms with Gasteiger partial charge >= 0.3 is 5.97 Å². The van der Waals surface area contributed by atoms with Crippen LogP contribution >= 0.6 is 11.6 Å². The van der Waals surface area contributed by atoms with E-state index in [1.165, 1.54) is 7.11 Å². The van der Waals surface area contributed by atoms with E-state index >= 15 is 0 Å². The van der Waals surface area contributed by atoms with Crippen LogP contribution in [0.2, 0.25) is 0 Å². The van der Waals surface area contributed by atoms with Gasteiger partial charge in [-0.3, -0.25) is 0 Å². The Balaban J connectivity index is 2.67. The summed E-state index contributed by atoms with van der Waals surface area (Å²) in [5.74, 6) is 1.03. The van der Waals surface area contributed by atoms with Gasteiger partial charge in [-0.05, 0) is 24.6 Å². The van der Waals surface area contributed by atoms with Gasteiger partial charge in [0.1, 0.15) is 0 Å². The molecule has 0 atom stereocenters. The first kappa shape index (κ1) is 13.6. The SMILES string of the molecule is CCOC(=O)COc1ccc(CCl)cc1OC. The average molecular weight is 259 g/mol. The van der Waals surface area contributed by atoms with Crippen LogP contribution in [0.3, 0.4) is 0 Å². The summed E-state index contributed by atoms with van der Waals surface area (Å²) in [6, 6.07) is 5.30. The molecule has 1 aromatic rings. The van der Waals surface area contributed by atoms with E-state index in [0.29, 0.717) is 24.0 Å². The zero-order chi connectivity index (χ0) is 12.7. The molecule has 0 amide bonds. The third kappa shape index (κ3) is 4.15. The molecule has 0 radical (unpaired) electrons. The molecule has 0 saturated carbocycles. The highest BCUT2D eigenvalue weighted by atomic mass is 35.5. The molecule has 1 aromatic carbocycles. The zero-order valence-electron chi connectivity index (χ0n) is 9.86. The molecule has 4 nitrogen and oxygen atoms in total. The molecule has 0 fully saturated rings. The Bertz CT molecular complexity index is 379. The first-order valence-corrected chi connectivity index (χ1v) is 5.76. The van der Waals surface area contributed by atoms with E-state index in [1.54, 1.807) is 19.1 Å². The summed E-state index contributed by atoms with van der Waals surface area (Å²) in [5.41, 5.74) is 0.923. The quantitative estimate of drug-likeness (QED) is 0.581. The van der Waals surface area contributed by atoms with Gasteiger partial charge in [-0.1, -0.05) is 6.07 Å². The second-order valence-electron chi connectivity index (χ2n) is 3.21. The predicted molar refractivity (Wildman–Crippen MR) is 64.7 cm³/mol. The van der Waals surface area contributed by atoms with Gasteiger partial charge in [0.05, 0.1) is 13.7 Å². The van der Waals surface area contributed by atoms with Crippen molar-refractivity contribution in [1.82, 2.24) is 0 Å². The van der Waals surface area contributed by atoms with Crippen molar-refractivity contribution in [2.24, 2.45) is 0 Å². The highest BCUT2D eigenvalue weighted by Gasteiger charge is 2.08. The first-order chi connectivity index (χ1) is 8.21. The molecule has 5 heteroatoms. The van der Waals surface area contributed by atoms with E-state index in [2.05, 4.69) is 0 Å². The summed E-state index contributed by atoms with van der Waals surface area (Å²) >= 11 is 5.71. The maximum atomic E-state index is 11.1. The van der Waals surface area contributed by atoms with Gasteiger partial charge in [0.2, 0.25) is 0 Å². The van der Waals surface area contributed by atoms with Gasteiger partial charge in [0.15, 0.2) is 18.1 Å². The molecule has 0 heterocycles. The lowest BCUT2D eigenvalue weighted by Gasteiger charge is -2.10. The lowest BCUT2D eigenvalue weighted by Crippen LogP contribution is -2.14. The summed E-state index contributed by atoms with van der Waals surface area (Å²) in [4.78, 5) is 11.1. The Hall–Kier alpha value is -1.42. The van der Waals surface area contributed by atoms with Crippen LogP contribution < -0.4 is 9.47 Å². The summed E-state index contributed by atoms with van der Waals surface area (Å²) < 4.78 is 15.2. The standard InChI is InChI=1S/C12H15ClO4/c1-3-16-12(14)8-17-10-5-4-9(7-13)6-11(10)15-2/h4-6H,3,7-8H2,1-2H3. The van der Waals surface area contributed by atoms with Gasteiger partial charge in [0.25, 0.3) is 0 Å². The van der Waals surface area contributed by atoms with E-state index in [9.17, 15) is 4.79 Å². The van der Waals surface area contributed by atoms with Crippen molar-refractivity contribution in [2.75, 3.05) is 20.3 Å². The minimum absolute atomic E-state index is 0.135. The fourth-order valence-corrected chi connectivity index (χ4v) is 1.42. The van der Waals surface area contributed by atoms with E-state index in [1.807, 2.05) is 6.07 Å². The third-order valence-corrected chi connectivity index (χ3v) is 2.34. The van der Waals surface area contributed by atoms with E-state index in [0.717, 1.165) is 5.56 Å². The van der Waals surface area contributed by atoms with Crippen molar-refractivity contribution in [2.45, 2.75) is 12.8 Å². The number of hydrogen-bond acceptors (Lipinski definition) is 4. The molecule has 0 unspecified atom stereocenters. The molecule has 0 aliphatic carbocycles. The van der Waals surface area contributed by atoms with Crippen LogP contribution in [0.4, 0.5) is 0 Å². The third-order valence-electron chi connectivity index (χ3n) is 2.03. The molecule has 17 heavy (non-hydrogen) atoms. The fourth-order valence-electron chi connectivity index (χ4n) is 1.25. The van der Waals surface area contributed by atoms with Crippen molar-refractivity contribution in [3.05, 3.63) is 23.8 Å². The summed E-state index contributed by atoms with van der Waals surface area (Å²) in [5, 5.41) is 0. The van der Waals surface area contributed by atoms with Crippen molar-refractivity contribution in [3.63, 3.8) is 0 Å². The number of esters is 1. The number of methoxy groups -OCH3 is 1. The number of carbonyl (C=O) groups is 1. The second kappa shape index (κ2) is 7.01. The van der Waals surface area contributed by atoms with Gasteiger partial charge in [-0.2, -0.15) is 0 Å². The molecule has 0 N–H and O–H groups in total. The highest BCUT2D eigenvalue weighted by molar-refractivity contribution is 6.17. The maximum absolute atomic E-state index is 11.1. The molecule has 94 valence electrons. The van der Waals surface area contributed by atoms with Crippen LogP contribution in [-0.4, -0.2) is 26.3 Å². The smallest absolute Gasteiger partial charge is 0.344 e. The Morgan fingerprint density at radius 2 is 2.12 bits per heavy atom. The molecule has 0 spiro atoms. The van der Waals surface area contributed by atoms with Crippen molar-refractivity contribution >= 4 is 17.6 Å². The molecular weight excluding hydrogens is 244 g/mol. The zero-order valence-corrected chi connectivity index (χ0v) is 10.6. The Morgan fingerprint density at radius 3 is 2.71 bits per heavy atom. The summed E-state index contributed by atoms with van der Waals surface area (Å²) in [6.07, 6.45) is 0. The molecule has 0 bridgehead atoms. The largest absolute Gasteiger partial charge is 0.493 e. The van der Waals surface area contributed by atoms with Crippen LogP contribution in [0.25, 0.3) is 0 Å². The summed E-state index contributed by atoms with van der Waals surface area (Å²) in [6.45, 7) is 1.95. The van der Waals surface area contributed by atoms with E-state index in [-0.39, 0.29) is 6.61 Å². The van der Waals surface area contributed by atoms with Crippen molar-refractivity contribution in [1.29, 1.82) is 0 Å². The lowest BCUT2D eigenvalue weighted by atomic mass is 10.2. The normalized spacial score (nSPS) is 9.82. The van der Waals surface area contributed by atoms with Crippen LogP contribution in [0, 0.1) is 0 Å². The Morgan fingerprint density at radius 1 is 1.35 bits per heavy atom. The topological polar surface area (TPSA) is 44.8 Å². The monoisotopic (exact) mass is 258 g/mol. The first-order valence-electron chi connectivity index (χ1n) is 5.22. The Labute approximate surface area is 105 Å². The van der Waals surface area contributed by atoms with Crippen LogP contribution in [0.1, 0.15) is 12.5 Å². The highest BCUT2D eigenvalue weighted by Crippen LogP contribution is 2.28. The maximum Gasteiger partial charge on any atom is 0.344 e. The van der Waals surface area contributed by atoms with Gasteiger partial charge < -0.3 is 14.2 Å². The summed E-state index contributed by atoms with van der Waals surface area (Å²) in [7, 11) is 1.53. The van der Waals surface area contributed by atoms with Crippen molar-refractivity contribution < 1.29 is 19.0 Å². The number of carbonyl (C=O) groups excluding carboxylic acids is 1. The van der Waals surface area contributed by atoms with Crippen LogP contribution in [-0.2, 0) is 15.4 Å². The number of alkyl halides is 1. The van der Waals surface area contributed by atoms with Gasteiger partial charge in [-0.25, -0.2) is 4.79 Å². The number of benzene rings is 1. The molecule has 0 aromatic heterocycles. The van der Waals surface area contributed by atoms with Gasteiger partial charge in [-0.15, -0.1) is 11.6 Å². The lowest BCUT2D eigenvalue weighted by molar-refractivity contribution is -0.145. The minimum Gasteiger partial charge on any atom is -0.493 e. The number of hydrogen-bond donors (Lipinski definition) is 0. The molecular formula is C12H15ClO4. The molecule has 0 saturated heterocycles. The van der Waals surface area contributed by atoms with Crippen LogP contribution in [0.5, 0.6) is 11.5 Å². The molecule has 0 aliphatic rings. The second-order valence-corrected chi connectivity index (χ2v) is 3.48.